The second-order valence-corrected chi connectivity index (χ2v) is 2.75. The van der Waals surface area contributed by atoms with Gasteiger partial charge >= 0.3 is 6.09 Å². The zero-order valence-corrected chi connectivity index (χ0v) is 7.70. The molecule has 0 atom stereocenters. The van der Waals surface area contributed by atoms with Crippen molar-refractivity contribution in [2.24, 2.45) is 5.16 Å². The van der Waals surface area contributed by atoms with Crippen molar-refractivity contribution in [1.82, 2.24) is 5.32 Å². The largest absolute Gasteiger partial charge is 0.433 e. The first kappa shape index (κ1) is 10.3. The minimum atomic E-state index is -0.537. The summed E-state index contributed by atoms with van der Waals surface area (Å²) >= 11 is 1.63. The first-order chi connectivity index (χ1) is 5.20. The molecule has 5 heteroatoms. The molecule has 0 aliphatic carbocycles. The fourth-order valence-electron chi connectivity index (χ4n) is 0.400. The number of nitrogens with one attached hydrogen (secondary N) is 1. The highest BCUT2D eigenvalue weighted by atomic mass is 32.2. The lowest BCUT2D eigenvalue weighted by molar-refractivity contribution is 0.153. The molecule has 0 radical (unpaired) electrons. The molecule has 0 aromatic carbocycles. The number of carbonyl (C=O) groups is 1. The van der Waals surface area contributed by atoms with E-state index in [1.54, 1.807) is 18.7 Å². The van der Waals surface area contributed by atoms with Crippen molar-refractivity contribution in [3.63, 3.8) is 0 Å². The van der Waals surface area contributed by atoms with Gasteiger partial charge in [-0.2, -0.15) is 11.8 Å². The second kappa shape index (κ2) is 6.03. The van der Waals surface area contributed by atoms with E-state index in [-0.39, 0.29) is 0 Å². The summed E-state index contributed by atoms with van der Waals surface area (Å²) < 4.78 is 0. The van der Waals surface area contributed by atoms with Gasteiger partial charge in [0.25, 0.3) is 0 Å². The van der Waals surface area contributed by atoms with Crippen molar-refractivity contribution in [2.45, 2.75) is 6.92 Å². The zero-order chi connectivity index (χ0) is 8.69. The molecule has 0 aromatic rings. The van der Waals surface area contributed by atoms with Crippen molar-refractivity contribution in [3.05, 3.63) is 0 Å². The van der Waals surface area contributed by atoms with Crippen LogP contribution < -0.4 is 5.32 Å². The maximum atomic E-state index is 10.5. The van der Waals surface area contributed by atoms with E-state index in [1.807, 2.05) is 6.26 Å². The number of oxime groups is 1. The van der Waals surface area contributed by atoms with Gasteiger partial charge in [-0.15, -0.1) is 0 Å². The number of rotatable bonds is 3. The van der Waals surface area contributed by atoms with E-state index in [9.17, 15) is 4.79 Å². The van der Waals surface area contributed by atoms with Crippen LogP contribution in [-0.2, 0) is 4.84 Å². The van der Waals surface area contributed by atoms with Crippen molar-refractivity contribution in [3.8, 4) is 0 Å². The summed E-state index contributed by atoms with van der Waals surface area (Å²) in [6.07, 6.45) is 1.42. The highest BCUT2D eigenvalue weighted by Crippen LogP contribution is 1.93. The maximum Gasteiger partial charge on any atom is 0.433 e. The molecule has 0 rings (SSSR count). The van der Waals surface area contributed by atoms with Crippen molar-refractivity contribution in [2.75, 3.05) is 19.1 Å². The van der Waals surface area contributed by atoms with Crippen LogP contribution in [0.5, 0.6) is 0 Å². The van der Waals surface area contributed by atoms with Crippen LogP contribution in [0.15, 0.2) is 5.16 Å². The quantitative estimate of drug-likeness (QED) is 0.397. The summed E-state index contributed by atoms with van der Waals surface area (Å²) in [6, 6.07) is 0. The van der Waals surface area contributed by atoms with Crippen LogP contribution in [0.3, 0.4) is 0 Å². The van der Waals surface area contributed by atoms with Crippen LogP contribution in [0.1, 0.15) is 6.92 Å². The topological polar surface area (TPSA) is 50.7 Å². The normalized spacial score (nSPS) is 11.0. The molecule has 0 aliphatic heterocycles. The number of thioether (sulfide) groups is 1. The molecule has 0 unspecified atom stereocenters. The molecule has 1 amide bonds. The molecule has 0 saturated heterocycles. The standard InChI is InChI=1S/C6H12N2O2S/c1-5(4-11-3)8-10-6(9)7-2/h4H2,1-3H3,(H,7,9). The monoisotopic (exact) mass is 176 g/mol. The smallest absolute Gasteiger partial charge is 0.323 e. The lowest BCUT2D eigenvalue weighted by Gasteiger charge is -1.96. The van der Waals surface area contributed by atoms with Gasteiger partial charge in [0.15, 0.2) is 0 Å². The van der Waals surface area contributed by atoms with E-state index in [0.717, 1.165) is 11.5 Å². The zero-order valence-electron chi connectivity index (χ0n) is 6.88. The highest BCUT2D eigenvalue weighted by Gasteiger charge is 1.95. The Morgan fingerprint density at radius 2 is 2.36 bits per heavy atom. The third-order valence-electron chi connectivity index (χ3n) is 0.842. The predicted molar refractivity (Wildman–Crippen MR) is 47.0 cm³/mol. The summed E-state index contributed by atoms with van der Waals surface area (Å²) in [4.78, 5) is 14.9. The van der Waals surface area contributed by atoms with Crippen LogP contribution in [0, 0.1) is 0 Å². The van der Waals surface area contributed by atoms with E-state index in [2.05, 4.69) is 15.3 Å². The molecule has 0 aliphatic rings. The van der Waals surface area contributed by atoms with Crippen LogP contribution in [-0.4, -0.2) is 30.9 Å². The van der Waals surface area contributed by atoms with E-state index in [1.165, 1.54) is 7.05 Å². The molecule has 1 N–H and O–H groups in total. The van der Waals surface area contributed by atoms with E-state index >= 15 is 0 Å². The molecule has 0 fully saturated rings. The summed E-state index contributed by atoms with van der Waals surface area (Å²) in [5.74, 6) is 0.775. The van der Waals surface area contributed by atoms with Gasteiger partial charge in [-0.05, 0) is 13.2 Å². The Labute approximate surface area is 70.4 Å². The van der Waals surface area contributed by atoms with Crippen molar-refractivity contribution < 1.29 is 9.63 Å². The van der Waals surface area contributed by atoms with Crippen molar-refractivity contribution in [1.29, 1.82) is 0 Å². The summed E-state index contributed by atoms with van der Waals surface area (Å²) in [5.41, 5.74) is 0.793. The van der Waals surface area contributed by atoms with Crippen LogP contribution in [0.4, 0.5) is 4.79 Å². The van der Waals surface area contributed by atoms with E-state index < -0.39 is 6.09 Å². The Kier molecular flexibility index (Phi) is 5.64. The minimum absolute atomic E-state index is 0.537. The molecule has 11 heavy (non-hydrogen) atoms. The molecule has 0 spiro atoms. The Morgan fingerprint density at radius 3 is 2.82 bits per heavy atom. The summed E-state index contributed by atoms with van der Waals surface area (Å²) in [7, 11) is 1.49. The molecule has 4 nitrogen and oxygen atoms in total. The van der Waals surface area contributed by atoms with Gasteiger partial charge < -0.3 is 5.32 Å². The molecule has 0 saturated carbocycles. The van der Waals surface area contributed by atoms with Gasteiger partial charge in [0.05, 0.1) is 5.71 Å². The molecular formula is C6H12N2O2S. The first-order valence-electron chi connectivity index (χ1n) is 3.11. The molecule has 0 aromatic heterocycles. The third-order valence-corrected chi connectivity index (χ3v) is 1.55. The summed E-state index contributed by atoms with van der Waals surface area (Å²) in [6.45, 7) is 1.80. The number of hydrogen-bond acceptors (Lipinski definition) is 4. The summed E-state index contributed by atoms with van der Waals surface area (Å²) in [5, 5.41) is 5.86. The Morgan fingerprint density at radius 1 is 1.73 bits per heavy atom. The van der Waals surface area contributed by atoms with Gasteiger partial charge in [-0.3, -0.25) is 4.84 Å². The SMILES string of the molecule is CNC(=O)ON=C(C)CSC. The number of carbonyl (C=O) groups excluding carboxylic acids is 1. The van der Waals surface area contributed by atoms with Gasteiger partial charge in [-0.25, -0.2) is 4.79 Å². The minimum Gasteiger partial charge on any atom is -0.323 e. The maximum absolute atomic E-state index is 10.5. The Bertz CT molecular complexity index is 159. The molecular weight excluding hydrogens is 164 g/mol. The van der Waals surface area contributed by atoms with Crippen LogP contribution in [0.2, 0.25) is 0 Å². The highest BCUT2D eigenvalue weighted by molar-refractivity contribution is 7.99. The van der Waals surface area contributed by atoms with Crippen molar-refractivity contribution >= 4 is 23.6 Å². The fraction of sp³-hybridized carbons (Fsp3) is 0.667. The number of hydrogen-bond donors (Lipinski definition) is 1. The number of amides is 1. The van der Waals surface area contributed by atoms with E-state index in [4.69, 9.17) is 0 Å². The predicted octanol–water partition coefficient (Wildman–Crippen LogP) is 1.08. The van der Waals surface area contributed by atoms with Crippen LogP contribution in [0.25, 0.3) is 0 Å². The van der Waals surface area contributed by atoms with Gasteiger partial charge in [0, 0.05) is 12.8 Å². The van der Waals surface area contributed by atoms with Gasteiger partial charge in [0.2, 0.25) is 0 Å². The first-order valence-corrected chi connectivity index (χ1v) is 4.51. The lowest BCUT2D eigenvalue weighted by atomic mass is 10.5. The van der Waals surface area contributed by atoms with Gasteiger partial charge in [0.1, 0.15) is 0 Å². The van der Waals surface area contributed by atoms with Gasteiger partial charge in [-0.1, -0.05) is 5.16 Å². The number of nitrogens with zero attached hydrogens (tertiary/aromatic N) is 1. The average molecular weight is 176 g/mol. The third kappa shape index (κ3) is 5.72. The molecule has 0 bridgehead atoms. The Hall–Kier alpha value is -0.710. The fourth-order valence-corrected chi connectivity index (χ4v) is 0.871. The second-order valence-electron chi connectivity index (χ2n) is 1.89. The van der Waals surface area contributed by atoms with Crippen LogP contribution >= 0.6 is 11.8 Å². The Balaban J connectivity index is 3.63. The molecule has 0 heterocycles. The lowest BCUT2D eigenvalue weighted by Crippen LogP contribution is -2.17. The average Bonchev–Trinajstić information content (AvgIpc) is 2.01. The molecule has 64 valence electrons. The van der Waals surface area contributed by atoms with E-state index in [0.29, 0.717) is 0 Å².